The van der Waals surface area contributed by atoms with Gasteiger partial charge in [-0.15, -0.1) is 0 Å². The second kappa shape index (κ2) is 8.99. The molecule has 0 bridgehead atoms. The van der Waals surface area contributed by atoms with Crippen LogP contribution in [0.15, 0.2) is 35.1 Å². The van der Waals surface area contributed by atoms with Crippen molar-refractivity contribution in [1.82, 2.24) is 19.2 Å². The molecule has 27 heavy (non-hydrogen) atoms. The van der Waals surface area contributed by atoms with E-state index in [1.54, 1.807) is 9.47 Å². The topological polar surface area (TPSA) is 69.4 Å². The molecule has 1 aliphatic heterocycles. The van der Waals surface area contributed by atoms with E-state index in [0.717, 1.165) is 30.7 Å². The van der Waals surface area contributed by atoms with E-state index in [4.69, 9.17) is 4.74 Å². The highest BCUT2D eigenvalue weighted by atomic mass is 16.5. The van der Waals surface area contributed by atoms with Gasteiger partial charge in [0.2, 0.25) is 5.91 Å². The summed E-state index contributed by atoms with van der Waals surface area (Å²) in [6.45, 7) is 6.11. The average molecular weight is 372 g/mol. The molecule has 2 aromatic rings. The first kappa shape index (κ1) is 19.4. The Balaban J connectivity index is 1.69. The molecule has 146 valence electrons. The normalized spacial score (nSPS) is 17.3. The first-order valence-corrected chi connectivity index (χ1v) is 9.74. The minimum Gasteiger partial charge on any atom is -0.370 e. The predicted octanol–water partition coefficient (Wildman–Crippen LogP) is 2.01. The highest BCUT2D eigenvalue weighted by molar-refractivity contribution is 5.76. The molecule has 0 radical (unpaired) electrons. The fourth-order valence-corrected chi connectivity index (χ4v) is 3.40. The van der Waals surface area contributed by atoms with Crippen molar-refractivity contribution >= 4 is 5.91 Å². The number of nitrogens with zero attached hydrogens (tertiary/aromatic N) is 4. The molecule has 1 aliphatic rings. The quantitative estimate of drug-likeness (QED) is 0.745. The highest BCUT2D eigenvalue weighted by Crippen LogP contribution is 2.22. The van der Waals surface area contributed by atoms with Crippen molar-refractivity contribution in [2.75, 3.05) is 19.7 Å². The number of aryl methyl sites for hydroxylation is 1. The Morgan fingerprint density at radius 1 is 1.26 bits per heavy atom. The summed E-state index contributed by atoms with van der Waals surface area (Å²) in [6.07, 6.45) is 2.65. The number of hydrogen-bond donors (Lipinski definition) is 0. The summed E-state index contributed by atoms with van der Waals surface area (Å²) in [5.74, 6) is 0.672. The fraction of sp³-hybridized carbons (Fsp3) is 0.550. The Hall–Kier alpha value is -2.41. The van der Waals surface area contributed by atoms with Crippen LogP contribution in [0.3, 0.4) is 0 Å². The number of rotatable bonds is 7. The molecule has 1 saturated heterocycles. The van der Waals surface area contributed by atoms with Crippen molar-refractivity contribution in [3.63, 3.8) is 0 Å². The van der Waals surface area contributed by atoms with Crippen molar-refractivity contribution in [2.24, 2.45) is 0 Å². The molecular weight excluding hydrogens is 344 g/mol. The number of aromatic nitrogens is 3. The number of amides is 1. The number of carbonyl (C=O) groups is 1. The van der Waals surface area contributed by atoms with Crippen molar-refractivity contribution in [2.45, 2.75) is 52.3 Å². The second-order valence-corrected chi connectivity index (χ2v) is 6.81. The zero-order valence-corrected chi connectivity index (χ0v) is 16.1. The average Bonchev–Trinajstić information content (AvgIpc) is 3.01. The van der Waals surface area contributed by atoms with Crippen LogP contribution < -0.4 is 5.69 Å². The van der Waals surface area contributed by atoms with E-state index in [0.29, 0.717) is 26.2 Å². The lowest BCUT2D eigenvalue weighted by molar-refractivity contribution is -0.139. The Bertz CT molecular complexity index is 812. The summed E-state index contributed by atoms with van der Waals surface area (Å²) in [5.41, 5.74) is 0.856. The first-order valence-electron chi connectivity index (χ1n) is 9.74. The molecule has 1 aromatic carbocycles. The summed E-state index contributed by atoms with van der Waals surface area (Å²) in [4.78, 5) is 27.1. The Morgan fingerprint density at radius 3 is 2.74 bits per heavy atom. The molecule has 2 heterocycles. The Labute approximate surface area is 159 Å². The number of unbranched alkanes of at least 4 members (excludes halogenated alkanes) is 1. The summed E-state index contributed by atoms with van der Waals surface area (Å²) in [5, 5.41) is 4.42. The van der Waals surface area contributed by atoms with Crippen molar-refractivity contribution in [3.05, 3.63) is 52.2 Å². The van der Waals surface area contributed by atoms with Crippen LogP contribution in [0.1, 0.15) is 44.2 Å². The molecule has 0 aliphatic carbocycles. The molecule has 1 amide bonds. The maximum atomic E-state index is 12.8. The Morgan fingerprint density at radius 2 is 2.04 bits per heavy atom. The maximum Gasteiger partial charge on any atom is 0.346 e. The van der Waals surface area contributed by atoms with Gasteiger partial charge in [0.05, 0.1) is 13.2 Å². The number of carbonyl (C=O) groups excluding carboxylic acids is 1. The van der Waals surface area contributed by atoms with Gasteiger partial charge in [-0.1, -0.05) is 43.7 Å². The fourth-order valence-electron chi connectivity index (χ4n) is 3.40. The van der Waals surface area contributed by atoms with Gasteiger partial charge >= 0.3 is 5.69 Å². The smallest absolute Gasteiger partial charge is 0.346 e. The molecule has 7 heteroatoms. The lowest BCUT2D eigenvalue weighted by Crippen LogP contribution is -2.44. The van der Waals surface area contributed by atoms with Crippen LogP contribution in [0.4, 0.5) is 0 Å². The van der Waals surface area contributed by atoms with E-state index in [-0.39, 0.29) is 24.2 Å². The summed E-state index contributed by atoms with van der Waals surface area (Å²) in [6, 6.07) is 9.91. The molecule has 1 aromatic heterocycles. The van der Waals surface area contributed by atoms with E-state index in [2.05, 4.69) is 12.0 Å². The van der Waals surface area contributed by atoms with Gasteiger partial charge in [-0.3, -0.25) is 9.36 Å². The lowest BCUT2D eigenvalue weighted by Gasteiger charge is -2.33. The van der Waals surface area contributed by atoms with Crippen LogP contribution >= 0.6 is 0 Å². The zero-order valence-electron chi connectivity index (χ0n) is 16.1. The van der Waals surface area contributed by atoms with Crippen LogP contribution in [0, 0.1) is 0 Å². The third-order valence-electron chi connectivity index (χ3n) is 4.95. The van der Waals surface area contributed by atoms with E-state index >= 15 is 0 Å². The monoisotopic (exact) mass is 372 g/mol. The molecular formula is C20H28N4O3. The van der Waals surface area contributed by atoms with Gasteiger partial charge in [-0.05, 0) is 18.9 Å². The maximum absolute atomic E-state index is 12.8. The van der Waals surface area contributed by atoms with E-state index in [9.17, 15) is 9.59 Å². The lowest BCUT2D eigenvalue weighted by atomic mass is 10.1. The molecule has 1 unspecified atom stereocenters. The van der Waals surface area contributed by atoms with Crippen LogP contribution in [-0.4, -0.2) is 44.9 Å². The van der Waals surface area contributed by atoms with E-state index in [1.807, 2.05) is 37.3 Å². The molecule has 0 spiro atoms. The van der Waals surface area contributed by atoms with Gasteiger partial charge in [-0.2, -0.15) is 5.10 Å². The SMILES string of the molecule is CCCCc1nn(CC(=O)N2CCOC(c3ccccc3)C2)c(=O)n1CC. The summed E-state index contributed by atoms with van der Waals surface area (Å²) in [7, 11) is 0. The highest BCUT2D eigenvalue weighted by Gasteiger charge is 2.26. The summed E-state index contributed by atoms with van der Waals surface area (Å²) < 4.78 is 8.79. The van der Waals surface area contributed by atoms with Crippen LogP contribution in [0.5, 0.6) is 0 Å². The standard InChI is InChI=1S/C20H28N4O3/c1-3-5-11-18-21-24(20(26)23(18)4-2)15-19(25)22-12-13-27-17(14-22)16-9-7-6-8-10-16/h6-10,17H,3-5,11-15H2,1-2H3. The predicted molar refractivity (Wildman–Crippen MR) is 102 cm³/mol. The van der Waals surface area contributed by atoms with Gasteiger partial charge in [0.1, 0.15) is 18.5 Å². The van der Waals surface area contributed by atoms with Crippen molar-refractivity contribution in [1.29, 1.82) is 0 Å². The first-order chi connectivity index (χ1) is 13.1. The third kappa shape index (κ3) is 4.47. The molecule has 1 atom stereocenters. The minimum atomic E-state index is -0.204. The molecule has 0 saturated carbocycles. The van der Waals surface area contributed by atoms with Crippen LogP contribution in [0.2, 0.25) is 0 Å². The number of benzene rings is 1. The van der Waals surface area contributed by atoms with E-state index in [1.165, 1.54) is 4.68 Å². The van der Waals surface area contributed by atoms with E-state index < -0.39 is 0 Å². The van der Waals surface area contributed by atoms with Gasteiger partial charge in [0.25, 0.3) is 0 Å². The summed E-state index contributed by atoms with van der Waals surface area (Å²) >= 11 is 0. The minimum absolute atomic E-state index is 0.0214. The van der Waals surface area contributed by atoms with Gasteiger partial charge in [0.15, 0.2) is 0 Å². The number of morpholine rings is 1. The zero-order chi connectivity index (χ0) is 19.2. The number of ether oxygens (including phenoxy) is 1. The van der Waals surface area contributed by atoms with Gasteiger partial charge in [-0.25, -0.2) is 9.48 Å². The molecule has 0 N–H and O–H groups in total. The third-order valence-corrected chi connectivity index (χ3v) is 4.95. The largest absolute Gasteiger partial charge is 0.370 e. The van der Waals surface area contributed by atoms with Crippen LogP contribution in [-0.2, 0) is 29.0 Å². The van der Waals surface area contributed by atoms with Gasteiger partial charge < -0.3 is 9.64 Å². The van der Waals surface area contributed by atoms with Crippen molar-refractivity contribution < 1.29 is 9.53 Å². The molecule has 7 nitrogen and oxygen atoms in total. The van der Waals surface area contributed by atoms with Gasteiger partial charge in [0, 0.05) is 19.5 Å². The second-order valence-electron chi connectivity index (χ2n) is 6.81. The Kier molecular flexibility index (Phi) is 6.45. The number of hydrogen-bond acceptors (Lipinski definition) is 4. The van der Waals surface area contributed by atoms with Crippen LogP contribution in [0.25, 0.3) is 0 Å². The molecule has 1 fully saturated rings. The van der Waals surface area contributed by atoms with Crippen molar-refractivity contribution in [3.8, 4) is 0 Å². The molecule has 3 rings (SSSR count).